The average molecular weight is 303 g/mol. The van der Waals surface area contributed by atoms with Gasteiger partial charge >= 0.3 is 17.9 Å². The van der Waals surface area contributed by atoms with Crippen LogP contribution in [0.1, 0.15) is 27.2 Å². The van der Waals surface area contributed by atoms with E-state index in [1.807, 2.05) is 0 Å². The van der Waals surface area contributed by atoms with E-state index in [0.29, 0.717) is 0 Å². The third-order valence-corrected chi connectivity index (χ3v) is 2.16. The third kappa shape index (κ3) is 8.61. The van der Waals surface area contributed by atoms with Crippen molar-refractivity contribution in [3.8, 4) is 0 Å². The molecular formula is C13H21NO7. The number of amides is 1. The minimum absolute atomic E-state index is 0.451. The maximum atomic E-state index is 12.0. The molecule has 0 aromatic carbocycles. The van der Waals surface area contributed by atoms with Crippen LogP contribution in [-0.4, -0.2) is 61.6 Å². The van der Waals surface area contributed by atoms with E-state index in [-0.39, 0.29) is 0 Å². The SMILES string of the molecule is COC(=O)CN(CC(=O)OC)C(=O)CC(=O)OC(C)(C)C. The largest absolute Gasteiger partial charge is 0.468 e. The van der Waals surface area contributed by atoms with Crippen LogP contribution in [0.5, 0.6) is 0 Å². The van der Waals surface area contributed by atoms with E-state index in [2.05, 4.69) is 9.47 Å². The van der Waals surface area contributed by atoms with Gasteiger partial charge < -0.3 is 19.1 Å². The van der Waals surface area contributed by atoms with Crippen LogP contribution >= 0.6 is 0 Å². The summed E-state index contributed by atoms with van der Waals surface area (Å²) in [7, 11) is 2.30. The number of nitrogens with zero attached hydrogens (tertiary/aromatic N) is 1. The van der Waals surface area contributed by atoms with E-state index in [0.717, 1.165) is 19.1 Å². The summed E-state index contributed by atoms with van der Waals surface area (Å²) in [4.78, 5) is 46.9. The van der Waals surface area contributed by atoms with Crippen LogP contribution in [0.15, 0.2) is 0 Å². The summed E-state index contributed by atoms with van der Waals surface area (Å²) in [5.41, 5.74) is -0.729. The molecule has 21 heavy (non-hydrogen) atoms. The van der Waals surface area contributed by atoms with Gasteiger partial charge in [0.15, 0.2) is 0 Å². The molecular weight excluding hydrogens is 282 g/mol. The molecule has 0 rings (SSSR count). The van der Waals surface area contributed by atoms with Gasteiger partial charge in [0.1, 0.15) is 25.1 Å². The Morgan fingerprint density at radius 1 is 0.857 bits per heavy atom. The molecule has 0 N–H and O–H groups in total. The number of carbonyl (C=O) groups is 4. The van der Waals surface area contributed by atoms with E-state index in [1.165, 1.54) is 0 Å². The van der Waals surface area contributed by atoms with Gasteiger partial charge in [0, 0.05) is 0 Å². The summed E-state index contributed by atoms with van der Waals surface area (Å²) in [5.74, 6) is -2.89. The Morgan fingerprint density at radius 2 is 1.29 bits per heavy atom. The number of esters is 3. The second kappa shape index (κ2) is 8.23. The van der Waals surface area contributed by atoms with Crippen molar-refractivity contribution in [3.05, 3.63) is 0 Å². The van der Waals surface area contributed by atoms with Crippen molar-refractivity contribution in [3.63, 3.8) is 0 Å². The Labute approximate surface area is 123 Å². The fourth-order valence-electron chi connectivity index (χ4n) is 1.29. The van der Waals surface area contributed by atoms with Gasteiger partial charge in [-0.15, -0.1) is 0 Å². The molecule has 0 saturated heterocycles. The van der Waals surface area contributed by atoms with Gasteiger partial charge in [0.2, 0.25) is 5.91 Å². The smallest absolute Gasteiger partial charge is 0.325 e. The van der Waals surface area contributed by atoms with Gasteiger partial charge in [-0.25, -0.2) is 0 Å². The van der Waals surface area contributed by atoms with Gasteiger partial charge in [-0.3, -0.25) is 19.2 Å². The normalized spacial score (nSPS) is 10.5. The lowest BCUT2D eigenvalue weighted by atomic mass is 10.2. The summed E-state index contributed by atoms with van der Waals surface area (Å²) in [6.07, 6.45) is -0.578. The van der Waals surface area contributed by atoms with Crippen LogP contribution in [0.25, 0.3) is 0 Å². The number of rotatable bonds is 6. The minimum Gasteiger partial charge on any atom is -0.468 e. The third-order valence-electron chi connectivity index (χ3n) is 2.16. The van der Waals surface area contributed by atoms with Crippen molar-refractivity contribution in [2.24, 2.45) is 0 Å². The molecule has 0 aliphatic carbocycles. The van der Waals surface area contributed by atoms with Crippen molar-refractivity contribution in [2.45, 2.75) is 32.8 Å². The molecule has 8 heteroatoms. The lowest BCUT2D eigenvalue weighted by Gasteiger charge is -2.22. The molecule has 0 aliphatic heterocycles. The number of ether oxygens (including phenoxy) is 3. The fraction of sp³-hybridized carbons (Fsp3) is 0.692. The van der Waals surface area contributed by atoms with Crippen LogP contribution in [0.3, 0.4) is 0 Å². The minimum atomic E-state index is -0.743. The van der Waals surface area contributed by atoms with Crippen LogP contribution in [0.2, 0.25) is 0 Å². The standard InChI is InChI=1S/C13H21NO7/c1-13(2,3)21-10(16)6-9(15)14(7-11(17)19-4)8-12(18)20-5/h6-8H2,1-5H3. The highest BCUT2D eigenvalue weighted by Gasteiger charge is 2.25. The first-order valence-corrected chi connectivity index (χ1v) is 6.22. The predicted octanol–water partition coefficient (Wildman–Crippen LogP) is -0.107. The number of hydrogen-bond donors (Lipinski definition) is 0. The summed E-state index contributed by atoms with van der Waals surface area (Å²) in [6, 6.07) is 0. The first-order valence-electron chi connectivity index (χ1n) is 6.22. The first kappa shape index (κ1) is 18.9. The zero-order chi connectivity index (χ0) is 16.6. The predicted molar refractivity (Wildman–Crippen MR) is 71.1 cm³/mol. The van der Waals surface area contributed by atoms with Gasteiger partial charge in [-0.2, -0.15) is 0 Å². The highest BCUT2D eigenvalue weighted by Crippen LogP contribution is 2.09. The summed E-state index contributed by atoms with van der Waals surface area (Å²) >= 11 is 0. The quantitative estimate of drug-likeness (QED) is 0.383. The number of methoxy groups -OCH3 is 2. The van der Waals surface area contributed by atoms with Crippen LogP contribution < -0.4 is 0 Å². The molecule has 0 bridgehead atoms. The monoisotopic (exact) mass is 303 g/mol. The van der Waals surface area contributed by atoms with E-state index < -0.39 is 48.9 Å². The highest BCUT2D eigenvalue weighted by atomic mass is 16.6. The second-order valence-corrected chi connectivity index (χ2v) is 5.17. The zero-order valence-corrected chi connectivity index (χ0v) is 12.9. The second-order valence-electron chi connectivity index (χ2n) is 5.17. The van der Waals surface area contributed by atoms with E-state index >= 15 is 0 Å². The molecule has 0 saturated carbocycles. The summed E-state index contributed by atoms with van der Waals surface area (Å²) in [6.45, 7) is 4.09. The van der Waals surface area contributed by atoms with E-state index in [4.69, 9.17) is 4.74 Å². The molecule has 0 aromatic heterocycles. The molecule has 0 atom stereocenters. The molecule has 0 aromatic rings. The molecule has 0 fully saturated rings. The Bertz CT molecular complexity index is 393. The molecule has 0 unspecified atom stereocenters. The van der Waals surface area contributed by atoms with Crippen molar-refractivity contribution in [2.75, 3.05) is 27.3 Å². The highest BCUT2D eigenvalue weighted by molar-refractivity contribution is 5.97. The van der Waals surface area contributed by atoms with Gasteiger partial charge in [-0.05, 0) is 20.8 Å². The zero-order valence-electron chi connectivity index (χ0n) is 12.9. The topological polar surface area (TPSA) is 99.2 Å². The summed E-state index contributed by atoms with van der Waals surface area (Å²) in [5, 5.41) is 0. The summed E-state index contributed by atoms with van der Waals surface area (Å²) < 4.78 is 13.9. The molecule has 0 heterocycles. The average Bonchev–Trinajstić information content (AvgIpc) is 2.34. The lowest BCUT2D eigenvalue weighted by Crippen LogP contribution is -2.41. The van der Waals surface area contributed by atoms with Crippen molar-refractivity contribution >= 4 is 23.8 Å². The first-order chi connectivity index (χ1) is 9.58. The Kier molecular flexibility index (Phi) is 7.40. The van der Waals surface area contributed by atoms with Gasteiger partial charge in [0.05, 0.1) is 14.2 Å². The van der Waals surface area contributed by atoms with E-state index in [9.17, 15) is 19.2 Å². The Balaban J connectivity index is 4.74. The Morgan fingerprint density at radius 3 is 1.62 bits per heavy atom. The number of hydrogen-bond acceptors (Lipinski definition) is 7. The molecule has 0 aliphatic rings. The molecule has 0 spiro atoms. The van der Waals surface area contributed by atoms with Crippen LogP contribution in [0, 0.1) is 0 Å². The van der Waals surface area contributed by atoms with E-state index in [1.54, 1.807) is 20.8 Å². The van der Waals surface area contributed by atoms with Gasteiger partial charge in [-0.1, -0.05) is 0 Å². The lowest BCUT2D eigenvalue weighted by molar-refractivity contribution is -0.161. The van der Waals surface area contributed by atoms with Crippen molar-refractivity contribution in [1.82, 2.24) is 4.90 Å². The molecule has 8 nitrogen and oxygen atoms in total. The maximum absolute atomic E-state index is 12.0. The molecule has 0 radical (unpaired) electrons. The van der Waals surface area contributed by atoms with Crippen LogP contribution in [0.4, 0.5) is 0 Å². The Hall–Kier alpha value is -2.12. The maximum Gasteiger partial charge on any atom is 0.325 e. The van der Waals surface area contributed by atoms with Crippen molar-refractivity contribution in [1.29, 1.82) is 0 Å². The van der Waals surface area contributed by atoms with Crippen molar-refractivity contribution < 1.29 is 33.4 Å². The van der Waals surface area contributed by atoms with Gasteiger partial charge in [0.25, 0.3) is 0 Å². The fourth-order valence-corrected chi connectivity index (χ4v) is 1.29. The van der Waals surface area contributed by atoms with Crippen LogP contribution in [-0.2, 0) is 33.4 Å². The molecule has 1 amide bonds. The molecule has 120 valence electrons. The number of carbonyl (C=O) groups excluding carboxylic acids is 4.